The minimum Gasteiger partial charge on any atom is -0.369 e. The monoisotopic (exact) mass is 633 g/mol. The number of hydrogen-bond donors (Lipinski definition) is 3. The quantitative estimate of drug-likeness (QED) is 0.247. The third kappa shape index (κ3) is 7.49. The molecule has 242 valence electrons. The number of amides is 3. The molecule has 4 N–H and O–H groups in total. The molecule has 47 heavy (non-hydrogen) atoms. The van der Waals surface area contributed by atoms with E-state index in [4.69, 9.17) is 15.7 Å². The molecule has 1 unspecified atom stereocenters. The minimum atomic E-state index is -0.334. The van der Waals surface area contributed by atoms with Crippen LogP contribution in [0.1, 0.15) is 49.7 Å². The van der Waals surface area contributed by atoms with Crippen LogP contribution in [0.3, 0.4) is 0 Å². The van der Waals surface area contributed by atoms with E-state index >= 15 is 0 Å². The molecule has 0 radical (unpaired) electrons. The number of pyridine rings is 1. The Morgan fingerprint density at radius 2 is 1.83 bits per heavy atom. The average Bonchev–Trinajstić information content (AvgIpc) is 3.55. The standard InChI is InChI=1S/C34H39N11O2/c1-43-21-27(20-40-43)24-9-14-30(37-18-24)45(34(47)39-17-23-6-3-2-4-7-23)29-12-10-28(11-13-29)41-33-38-19-26(16-35)32(42-33)44-15-5-8-25(22-44)31(36)46/h2-4,6-7,9,14,18-21,25,28-29H,5,8,10-13,15,17,22H2,1H3,(H2,36,46)(H,39,47)(H,38,41,42)/t25?,28-,29-. The molecule has 2 fully saturated rings. The molecule has 4 heterocycles. The summed E-state index contributed by atoms with van der Waals surface area (Å²) in [6, 6.07) is 15.7. The maximum absolute atomic E-state index is 13.7. The van der Waals surface area contributed by atoms with E-state index in [1.807, 2.05) is 60.6 Å². The summed E-state index contributed by atoms with van der Waals surface area (Å²) >= 11 is 0. The van der Waals surface area contributed by atoms with Gasteiger partial charge in [0.2, 0.25) is 11.9 Å². The van der Waals surface area contributed by atoms with E-state index < -0.39 is 0 Å². The van der Waals surface area contributed by atoms with Gasteiger partial charge in [-0.25, -0.2) is 14.8 Å². The molecule has 0 spiro atoms. The SMILES string of the molecule is Cn1cc(-c2ccc(N(C(=O)NCc3ccccc3)[C@H]3CC[C@H](Nc4ncc(C#N)c(N5CCCC(C(N)=O)C5)n4)CC3)nc2)cn1. The predicted octanol–water partition coefficient (Wildman–Crippen LogP) is 3.98. The smallest absolute Gasteiger partial charge is 0.323 e. The Bertz CT molecular complexity index is 1730. The van der Waals surface area contributed by atoms with Crippen molar-refractivity contribution in [3.63, 3.8) is 0 Å². The molecule has 1 aromatic carbocycles. The predicted molar refractivity (Wildman–Crippen MR) is 178 cm³/mol. The lowest BCUT2D eigenvalue weighted by atomic mass is 9.90. The van der Waals surface area contributed by atoms with Crippen molar-refractivity contribution in [3.05, 3.63) is 78.4 Å². The molecule has 0 bridgehead atoms. The lowest BCUT2D eigenvalue weighted by molar-refractivity contribution is -0.122. The fourth-order valence-electron chi connectivity index (χ4n) is 6.41. The van der Waals surface area contributed by atoms with Gasteiger partial charge in [-0.1, -0.05) is 30.3 Å². The van der Waals surface area contributed by atoms with Crippen molar-refractivity contribution in [3.8, 4) is 17.2 Å². The third-order valence-corrected chi connectivity index (χ3v) is 8.95. The maximum Gasteiger partial charge on any atom is 0.323 e. The number of urea groups is 1. The lowest BCUT2D eigenvalue weighted by Crippen LogP contribution is -2.49. The van der Waals surface area contributed by atoms with E-state index in [0.717, 1.165) is 55.2 Å². The summed E-state index contributed by atoms with van der Waals surface area (Å²) in [4.78, 5) is 43.2. The largest absolute Gasteiger partial charge is 0.369 e. The van der Waals surface area contributed by atoms with Crippen LogP contribution in [0.25, 0.3) is 11.1 Å². The van der Waals surface area contributed by atoms with E-state index in [1.54, 1.807) is 22.0 Å². The Morgan fingerprint density at radius 1 is 1.02 bits per heavy atom. The number of primary amides is 1. The second-order valence-corrected chi connectivity index (χ2v) is 12.2. The van der Waals surface area contributed by atoms with Crippen molar-refractivity contribution in [1.82, 2.24) is 30.0 Å². The van der Waals surface area contributed by atoms with Gasteiger partial charge in [0.1, 0.15) is 17.5 Å². The highest BCUT2D eigenvalue weighted by Gasteiger charge is 2.32. The van der Waals surface area contributed by atoms with Crippen LogP contribution in [0.4, 0.5) is 22.4 Å². The minimum absolute atomic E-state index is 0.0582. The van der Waals surface area contributed by atoms with Crippen molar-refractivity contribution in [1.29, 1.82) is 5.26 Å². The van der Waals surface area contributed by atoms with Crippen LogP contribution < -0.4 is 26.2 Å². The van der Waals surface area contributed by atoms with Crippen molar-refractivity contribution < 1.29 is 9.59 Å². The number of carbonyl (C=O) groups excluding carboxylic acids is 2. The number of hydrogen-bond acceptors (Lipinski definition) is 9. The van der Waals surface area contributed by atoms with Crippen molar-refractivity contribution in [2.75, 3.05) is 28.2 Å². The van der Waals surface area contributed by atoms with Crippen LogP contribution in [0.5, 0.6) is 0 Å². The fourth-order valence-corrected chi connectivity index (χ4v) is 6.41. The van der Waals surface area contributed by atoms with Crippen LogP contribution in [-0.4, -0.2) is 61.8 Å². The van der Waals surface area contributed by atoms with E-state index in [2.05, 4.69) is 26.8 Å². The summed E-state index contributed by atoms with van der Waals surface area (Å²) in [5, 5.41) is 20.5. The summed E-state index contributed by atoms with van der Waals surface area (Å²) < 4.78 is 1.75. The lowest BCUT2D eigenvalue weighted by Gasteiger charge is -2.36. The second kappa shape index (κ2) is 14.3. The van der Waals surface area contributed by atoms with Gasteiger partial charge in [-0.05, 0) is 56.2 Å². The number of rotatable bonds is 9. The molecule has 13 heteroatoms. The van der Waals surface area contributed by atoms with E-state index in [1.165, 1.54) is 6.20 Å². The average molecular weight is 634 g/mol. The Labute approximate surface area is 273 Å². The van der Waals surface area contributed by atoms with Gasteiger partial charge in [-0.3, -0.25) is 14.4 Å². The first-order valence-corrected chi connectivity index (χ1v) is 16.0. The number of piperidine rings is 1. The highest BCUT2D eigenvalue weighted by Crippen LogP contribution is 2.31. The molecule has 1 atom stereocenters. The molecular formula is C34H39N11O2. The van der Waals surface area contributed by atoms with Gasteiger partial charge < -0.3 is 21.3 Å². The van der Waals surface area contributed by atoms with Gasteiger partial charge >= 0.3 is 6.03 Å². The highest BCUT2D eigenvalue weighted by atomic mass is 16.2. The zero-order valence-corrected chi connectivity index (χ0v) is 26.4. The van der Waals surface area contributed by atoms with E-state index in [-0.39, 0.29) is 29.9 Å². The number of aromatic nitrogens is 5. The summed E-state index contributed by atoms with van der Waals surface area (Å²) in [6.45, 7) is 1.54. The number of aryl methyl sites for hydroxylation is 1. The van der Waals surface area contributed by atoms with Gasteiger partial charge in [0.05, 0.1) is 18.3 Å². The number of nitrogens with zero attached hydrogens (tertiary/aromatic N) is 8. The van der Waals surface area contributed by atoms with Gasteiger partial charge in [0, 0.05) is 62.3 Å². The Morgan fingerprint density at radius 3 is 2.51 bits per heavy atom. The first-order chi connectivity index (χ1) is 22.9. The first-order valence-electron chi connectivity index (χ1n) is 16.0. The molecular weight excluding hydrogens is 594 g/mol. The van der Waals surface area contributed by atoms with Crippen LogP contribution >= 0.6 is 0 Å². The van der Waals surface area contributed by atoms with Crippen LogP contribution in [0.15, 0.2) is 67.3 Å². The summed E-state index contributed by atoms with van der Waals surface area (Å²) in [6.07, 6.45) is 11.6. The fraction of sp³-hybridized carbons (Fsp3) is 0.382. The summed E-state index contributed by atoms with van der Waals surface area (Å²) in [5.74, 6) is 0.946. The molecule has 1 saturated carbocycles. The number of benzene rings is 1. The highest BCUT2D eigenvalue weighted by molar-refractivity contribution is 5.91. The normalized spacial score (nSPS) is 19.4. The van der Waals surface area contributed by atoms with Gasteiger partial charge in [0.25, 0.3) is 0 Å². The molecule has 3 amide bonds. The zero-order valence-electron chi connectivity index (χ0n) is 26.4. The summed E-state index contributed by atoms with van der Waals surface area (Å²) in [5.41, 5.74) is 8.85. The number of nitrogens with one attached hydrogen (secondary N) is 2. The van der Waals surface area contributed by atoms with Crippen molar-refractivity contribution in [2.45, 2.75) is 57.2 Å². The van der Waals surface area contributed by atoms with Gasteiger partial charge in [-0.2, -0.15) is 15.3 Å². The van der Waals surface area contributed by atoms with Crippen LogP contribution in [-0.2, 0) is 18.4 Å². The van der Waals surface area contributed by atoms with E-state index in [9.17, 15) is 14.9 Å². The molecule has 6 rings (SSSR count). The van der Waals surface area contributed by atoms with Crippen LogP contribution in [0, 0.1) is 17.2 Å². The molecule has 3 aromatic heterocycles. The number of anilines is 3. The van der Waals surface area contributed by atoms with Gasteiger partial charge in [0.15, 0.2) is 5.82 Å². The second-order valence-electron chi connectivity index (χ2n) is 12.2. The molecule has 1 aliphatic heterocycles. The topological polar surface area (TPSA) is 171 Å². The number of carbonyl (C=O) groups is 2. The molecule has 2 aliphatic rings. The van der Waals surface area contributed by atoms with Crippen molar-refractivity contribution >= 4 is 29.5 Å². The van der Waals surface area contributed by atoms with Crippen LogP contribution in [0.2, 0.25) is 0 Å². The maximum atomic E-state index is 13.7. The van der Waals surface area contributed by atoms with Gasteiger partial charge in [-0.15, -0.1) is 0 Å². The Balaban J connectivity index is 1.15. The molecule has 4 aromatic rings. The van der Waals surface area contributed by atoms with Crippen molar-refractivity contribution in [2.24, 2.45) is 18.7 Å². The number of nitrogens with two attached hydrogens (primary N) is 1. The Kier molecular flexibility index (Phi) is 9.56. The molecule has 1 saturated heterocycles. The number of nitriles is 1. The first kappa shape index (κ1) is 31.5. The third-order valence-electron chi connectivity index (χ3n) is 8.95. The Hall–Kier alpha value is -5.51. The summed E-state index contributed by atoms with van der Waals surface area (Å²) in [7, 11) is 1.87. The molecule has 13 nitrogen and oxygen atoms in total. The van der Waals surface area contributed by atoms with E-state index in [0.29, 0.717) is 42.8 Å². The zero-order chi connectivity index (χ0) is 32.8. The molecule has 1 aliphatic carbocycles.